The summed E-state index contributed by atoms with van der Waals surface area (Å²) in [5, 5.41) is 2.56. The first-order chi connectivity index (χ1) is 10.0. The molecule has 2 rings (SSSR count). The van der Waals surface area contributed by atoms with Crippen LogP contribution in [0.5, 0.6) is 5.75 Å². The fourth-order valence-corrected chi connectivity index (χ4v) is 1.90. The molecule has 0 aliphatic carbocycles. The zero-order valence-corrected chi connectivity index (χ0v) is 11.6. The summed E-state index contributed by atoms with van der Waals surface area (Å²) in [5.74, 6) is -1.27. The Bertz CT molecular complexity index is 698. The van der Waals surface area contributed by atoms with E-state index in [1.165, 1.54) is 38.3 Å². The Morgan fingerprint density at radius 2 is 1.86 bits per heavy atom. The molecule has 2 aromatic rings. The molecule has 0 spiro atoms. The van der Waals surface area contributed by atoms with E-state index in [4.69, 9.17) is 4.74 Å². The van der Waals surface area contributed by atoms with E-state index in [1.54, 1.807) is 18.2 Å². The Hall–Kier alpha value is -2.69. The summed E-state index contributed by atoms with van der Waals surface area (Å²) in [6.45, 7) is 1.43. The molecule has 0 heterocycles. The molecule has 108 valence electrons. The summed E-state index contributed by atoms with van der Waals surface area (Å²) in [5.41, 5.74) is 0.708. The van der Waals surface area contributed by atoms with Crippen LogP contribution in [0.4, 0.5) is 10.1 Å². The topological polar surface area (TPSA) is 55.4 Å². The molecule has 0 aromatic heterocycles. The highest BCUT2D eigenvalue weighted by atomic mass is 19.1. The fraction of sp³-hybridized carbons (Fsp3) is 0.125. The Morgan fingerprint density at radius 3 is 2.52 bits per heavy atom. The van der Waals surface area contributed by atoms with Crippen molar-refractivity contribution in [1.29, 1.82) is 0 Å². The lowest BCUT2D eigenvalue weighted by Crippen LogP contribution is -2.15. The number of halogens is 1. The Morgan fingerprint density at radius 1 is 1.14 bits per heavy atom. The second-order valence-corrected chi connectivity index (χ2v) is 4.41. The lowest BCUT2D eigenvalue weighted by atomic mass is 10.1. The molecule has 0 fully saturated rings. The molecular formula is C16H14FNO3. The van der Waals surface area contributed by atoms with E-state index in [9.17, 15) is 14.0 Å². The van der Waals surface area contributed by atoms with Crippen molar-refractivity contribution < 1.29 is 18.7 Å². The number of ketones is 1. The molecular weight excluding hydrogens is 273 g/mol. The maximum atomic E-state index is 13.8. The fourth-order valence-electron chi connectivity index (χ4n) is 1.90. The third-order valence-electron chi connectivity index (χ3n) is 2.95. The summed E-state index contributed by atoms with van der Waals surface area (Å²) >= 11 is 0. The van der Waals surface area contributed by atoms with Crippen LogP contribution in [0.15, 0.2) is 42.5 Å². The van der Waals surface area contributed by atoms with Crippen LogP contribution >= 0.6 is 0 Å². The van der Waals surface area contributed by atoms with Crippen LogP contribution in [0.2, 0.25) is 0 Å². The molecule has 0 atom stereocenters. The Kier molecular flexibility index (Phi) is 4.33. The van der Waals surface area contributed by atoms with Gasteiger partial charge in [-0.2, -0.15) is 0 Å². The molecule has 2 aromatic carbocycles. The summed E-state index contributed by atoms with van der Waals surface area (Å²) < 4.78 is 18.8. The molecule has 0 aliphatic rings. The lowest BCUT2D eigenvalue weighted by molar-refractivity contribution is 0.100. The van der Waals surface area contributed by atoms with Crippen molar-refractivity contribution in [3.05, 3.63) is 59.4 Å². The number of ether oxygens (including phenoxy) is 1. The Labute approximate surface area is 121 Å². The highest BCUT2D eigenvalue weighted by Crippen LogP contribution is 2.22. The van der Waals surface area contributed by atoms with Crippen molar-refractivity contribution in [2.45, 2.75) is 6.92 Å². The summed E-state index contributed by atoms with van der Waals surface area (Å²) in [6.07, 6.45) is 0. The van der Waals surface area contributed by atoms with Gasteiger partial charge in [0.05, 0.1) is 7.11 Å². The van der Waals surface area contributed by atoms with E-state index in [0.717, 1.165) is 0 Å². The monoisotopic (exact) mass is 287 g/mol. The smallest absolute Gasteiger partial charge is 0.262 e. The van der Waals surface area contributed by atoms with Gasteiger partial charge in [0.15, 0.2) is 5.78 Å². The highest BCUT2D eigenvalue weighted by molar-refractivity contribution is 6.07. The van der Waals surface area contributed by atoms with Gasteiger partial charge in [-0.3, -0.25) is 9.59 Å². The van der Waals surface area contributed by atoms with Crippen LogP contribution in [0.25, 0.3) is 0 Å². The number of anilines is 1. The number of carbonyl (C=O) groups excluding carboxylic acids is 2. The summed E-state index contributed by atoms with van der Waals surface area (Å²) in [6, 6.07) is 10.6. The number of carbonyl (C=O) groups is 2. The minimum atomic E-state index is -0.672. The highest BCUT2D eigenvalue weighted by Gasteiger charge is 2.17. The minimum Gasteiger partial charge on any atom is -0.496 e. The zero-order chi connectivity index (χ0) is 15.4. The predicted molar refractivity (Wildman–Crippen MR) is 77.4 cm³/mol. The number of rotatable bonds is 4. The lowest BCUT2D eigenvalue weighted by Gasteiger charge is -2.10. The SMILES string of the molecule is COc1cccc(F)c1C(=O)Nc1cccc(C(C)=O)c1. The van der Waals surface area contributed by atoms with Crippen LogP contribution in [0.3, 0.4) is 0 Å². The van der Waals surface area contributed by atoms with E-state index in [0.29, 0.717) is 11.3 Å². The Balaban J connectivity index is 2.30. The van der Waals surface area contributed by atoms with Gasteiger partial charge in [0.2, 0.25) is 0 Å². The van der Waals surface area contributed by atoms with E-state index in [2.05, 4.69) is 5.32 Å². The van der Waals surface area contributed by atoms with Crippen molar-refractivity contribution in [3.63, 3.8) is 0 Å². The van der Waals surface area contributed by atoms with Crippen LogP contribution in [0.1, 0.15) is 27.6 Å². The number of nitrogens with one attached hydrogen (secondary N) is 1. The van der Waals surface area contributed by atoms with Gasteiger partial charge in [-0.05, 0) is 31.2 Å². The normalized spacial score (nSPS) is 10.0. The van der Waals surface area contributed by atoms with Crippen LogP contribution in [0, 0.1) is 5.82 Å². The van der Waals surface area contributed by atoms with Gasteiger partial charge in [0, 0.05) is 11.3 Å². The van der Waals surface area contributed by atoms with E-state index in [1.807, 2.05) is 0 Å². The number of Topliss-reactive ketones (excluding diaryl/α,β-unsaturated/α-hetero) is 1. The first-order valence-corrected chi connectivity index (χ1v) is 6.27. The van der Waals surface area contributed by atoms with E-state index < -0.39 is 11.7 Å². The number of benzene rings is 2. The van der Waals surface area contributed by atoms with E-state index in [-0.39, 0.29) is 17.1 Å². The quantitative estimate of drug-likeness (QED) is 0.878. The van der Waals surface area contributed by atoms with Gasteiger partial charge < -0.3 is 10.1 Å². The second kappa shape index (κ2) is 6.17. The molecule has 0 radical (unpaired) electrons. The molecule has 5 heteroatoms. The van der Waals surface area contributed by atoms with E-state index >= 15 is 0 Å². The molecule has 1 N–H and O–H groups in total. The summed E-state index contributed by atoms with van der Waals surface area (Å²) in [4.78, 5) is 23.5. The molecule has 0 bridgehead atoms. The van der Waals surface area contributed by atoms with Gasteiger partial charge in [-0.1, -0.05) is 18.2 Å². The molecule has 21 heavy (non-hydrogen) atoms. The van der Waals surface area contributed by atoms with Crippen molar-refractivity contribution in [2.24, 2.45) is 0 Å². The largest absolute Gasteiger partial charge is 0.496 e. The molecule has 4 nitrogen and oxygen atoms in total. The average Bonchev–Trinajstić information content (AvgIpc) is 2.46. The number of hydrogen-bond acceptors (Lipinski definition) is 3. The molecule has 0 aliphatic heterocycles. The third kappa shape index (κ3) is 3.25. The van der Waals surface area contributed by atoms with Crippen LogP contribution in [-0.4, -0.2) is 18.8 Å². The maximum absolute atomic E-state index is 13.8. The number of hydrogen-bond donors (Lipinski definition) is 1. The third-order valence-corrected chi connectivity index (χ3v) is 2.95. The van der Waals surface area contributed by atoms with Crippen molar-refractivity contribution in [2.75, 3.05) is 12.4 Å². The maximum Gasteiger partial charge on any atom is 0.262 e. The minimum absolute atomic E-state index is 0.116. The first kappa shape index (κ1) is 14.7. The molecule has 0 saturated carbocycles. The zero-order valence-electron chi connectivity index (χ0n) is 11.6. The van der Waals surface area contributed by atoms with Gasteiger partial charge in [-0.25, -0.2) is 4.39 Å². The average molecular weight is 287 g/mol. The van der Waals surface area contributed by atoms with Crippen molar-refractivity contribution >= 4 is 17.4 Å². The van der Waals surface area contributed by atoms with Crippen molar-refractivity contribution in [1.82, 2.24) is 0 Å². The number of methoxy groups -OCH3 is 1. The van der Waals surface area contributed by atoms with Crippen LogP contribution in [-0.2, 0) is 0 Å². The van der Waals surface area contributed by atoms with Crippen LogP contribution < -0.4 is 10.1 Å². The first-order valence-electron chi connectivity index (χ1n) is 6.27. The predicted octanol–water partition coefficient (Wildman–Crippen LogP) is 3.29. The molecule has 0 saturated heterocycles. The number of amides is 1. The van der Waals surface area contributed by atoms with Gasteiger partial charge >= 0.3 is 0 Å². The van der Waals surface area contributed by atoms with Gasteiger partial charge in [0.1, 0.15) is 17.1 Å². The van der Waals surface area contributed by atoms with Gasteiger partial charge in [0.25, 0.3) is 5.91 Å². The molecule has 1 amide bonds. The van der Waals surface area contributed by atoms with Crippen molar-refractivity contribution in [3.8, 4) is 5.75 Å². The molecule has 0 unspecified atom stereocenters. The summed E-state index contributed by atoms with van der Waals surface area (Å²) in [7, 11) is 1.36. The standard InChI is InChI=1S/C16H14FNO3/c1-10(19)11-5-3-6-12(9-11)18-16(20)15-13(17)7-4-8-14(15)21-2/h3-9H,1-2H3,(H,18,20). The second-order valence-electron chi connectivity index (χ2n) is 4.41. The van der Waals surface area contributed by atoms with Gasteiger partial charge in [-0.15, -0.1) is 0 Å².